The van der Waals surface area contributed by atoms with Crippen LogP contribution in [-0.4, -0.2) is 34.3 Å². The molecule has 8 heteroatoms. The lowest BCUT2D eigenvalue weighted by atomic mass is 10.4. The van der Waals surface area contributed by atoms with Gasteiger partial charge < -0.3 is 5.73 Å². The molecule has 0 aliphatic rings. The highest BCUT2D eigenvalue weighted by Crippen LogP contribution is 2.18. The minimum Gasteiger partial charge on any atom is -0.387 e. The number of hydrogen-bond acceptors (Lipinski definition) is 5. The van der Waals surface area contributed by atoms with Crippen molar-refractivity contribution in [3.05, 3.63) is 30.7 Å². The second kappa shape index (κ2) is 3.84. The van der Waals surface area contributed by atoms with Crippen LogP contribution in [0.15, 0.2) is 24.9 Å². The number of hydrogen-bond donors (Lipinski definition) is 1. The lowest BCUT2D eigenvalue weighted by Gasteiger charge is -2.06. The Morgan fingerprint density at radius 1 is 1.33 bits per heavy atom. The molecule has 0 saturated carbocycles. The van der Waals surface area contributed by atoms with Gasteiger partial charge in [0.2, 0.25) is 0 Å². The molecule has 0 saturated heterocycles. The molecule has 0 aliphatic carbocycles. The van der Waals surface area contributed by atoms with Crippen LogP contribution in [0.5, 0.6) is 0 Å². The van der Waals surface area contributed by atoms with Crippen molar-refractivity contribution in [2.24, 2.45) is 12.8 Å². The fourth-order valence-electron chi connectivity index (χ4n) is 1.80. The summed E-state index contributed by atoms with van der Waals surface area (Å²) in [5.74, 6) is 1.15. The summed E-state index contributed by atoms with van der Waals surface area (Å²) in [5.41, 5.74) is 6.37. The van der Waals surface area contributed by atoms with E-state index in [0.29, 0.717) is 11.6 Å². The largest absolute Gasteiger partial charge is 0.387 e. The summed E-state index contributed by atoms with van der Waals surface area (Å²) in [6, 6.07) is 0. The Bertz CT molecular complexity index is 742. The lowest BCUT2D eigenvalue weighted by Crippen LogP contribution is -2.16. The predicted octanol–water partition coefficient (Wildman–Crippen LogP) is 0.183. The maximum atomic E-state index is 5.63. The Hall–Kier alpha value is -2.35. The van der Waals surface area contributed by atoms with Crippen molar-refractivity contribution in [2.75, 3.05) is 0 Å². The van der Waals surface area contributed by atoms with Crippen LogP contribution in [0.2, 0.25) is 0 Å². The maximum Gasteiger partial charge on any atom is 0.173 e. The minimum atomic E-state index is 0.218. The third-order valence-corrected chi connectivity index (χ3v) is 2.78. The van der Waals surface area contributed by atoms with Gasteiger partial charge in [0.1, 0.15) is 11.3 Å². The number of nitrogens with two attached hydrogens (primary N) is 1. The molecular formula is C10H9N7S. The van der Waals surface area contributed by atoms with Gasteiger partial charge in [-0.2, -0.15) is 5.10 Å². The average molecular weight is 259 g/mol. The molecule has 0 bridgehead atoms. The summed E-state index contributed by atoms with van der Waals surface area (Å²) in [5, 5.41) is 4.97. The summed E-state index contributed by atoms with van der Waals surface area (Å²) < 4.78 is 3.41. The van der Waals surface area contributed by atoms with Gasteiger partial charge in [-0.3, -0.25) is 9.25 Å². The molecule has 7 nitrogen and oxygen atoms in total. The summed E-state index contributed by atoms with van der Waals surface area (Å²) >= 11 is 4.96. The van der Waals surface area contributed by atoms with Gasteiger partial charge in [-0.05, 0) is 0 Å². The molecule has 0 amide bonds. The Balaban J connectivity index is 2.32. The molecule has 3 aromatic rings. The zero-order valence-corrected chi connectivity index (χ0v) is 10.3. The topological polar surface area (TPSA) is 87.4 Å². The van der Waals surface area contributed by atoms with Gasteiger partial charge >= 0.3 is 0 Å². The first-order valence-corrected chi connectivity index (χ1v) is 5.55. The van der Waals surface area contributed by atoms with Crippen LogP contribution in [0, 0.1) is 0 Å². The number of thiocarbonyl (C=S) groups is 1. The normalized spacial score (nSPS) is 10.9. The number of rotatable bonds is 2. The van der Waals surface area contributed by atoms with Gasteiger partial charge in [0, 0.05) is 19.4 Å². The van der Waals surface area contributed by atoms with E-state index in [9.17, 15) is 0 Å². The highest BCUT2D eigenvalue weighted by Gasteiger charge is 2.13. The van der Waals surface area contributed by atoms with Gasteiger partial charge in [0.25, 0.3) is 0 Å². The third-order valence-electron chi connectivity index (χ3n) is 2.60. The molecule has 0 radical (unpaired) electrons. The molecule has 2 N–H and O–H groups in total. The zero-order chi connectivity index (χ0) is 12.7. The fourth-order valence-corrected chi connectivity index (χ4v) is 1.95. The van der Waals surface area contributed by atoms with Crippen molar-refractivity contribution < 1.29 is 0 Å². The highest BCUT2D eigenvalue weighted by molar-refractivity contribution is 7.80. The van der Waals surface area contributed by atoms with Crippen LogP contribution in [0.1, 0.15) is 5.82 Å². The van der Waals surface area contributed by atoms with Crippen molar-refractivity contribution in [1.82, 2.24) is 29.3 Å². The number of nitrogens with zero attached hydrogens (tertiary/aromatic N) is 6. The van der Waals surface area contributed by atoms with E-state index in [2.05, 4.69) is 20.1 Å². The fraction of sp³-hybridized carbons (Fsp3) is 0.100. The molecule has 0 atom stereocenters. The van der Waals surface area contributed by atoms with Crippen LogP contribution in [0.4, 0.5) is 0 Å². The molecule has 0 unspecified atom stereocenters. The van der Waals surface area contributed by atoms with Crippen LogP contribution in [-0.2, 0) is 7.05 Å². The predicted molar refractivity (Wildman–Crippen MR) is 69.3 cm³/mol. The van der Waals surface area contributed by atoms with Gasteiger partial charge in [-0.1, -0.05) is 12.2 Å². The van der Waals surface area contributed by atoms with Gasteiger partial charge in [-0.15, -0.1) is 0 Å². The van der Waals surface area contributed by atoms with E-state index >= 15 is 0 Å². The summed E-state index contributed by atoms with van der Waals surface area (Å²) in [7, 11) is 1.82. The molecule has 3 rings (SSSR count). The first-order valence-electron chi connectivity index (χ1n) is 5.14. The van der Waals surface area contributed by atoms with Gasteiger partial charge in [0.15, 0.2) is 17.3 Å². The van der Waals surface area contributed by atoms with Crippen LogP contribution in [0.25, 0.3) is 16.9 Å². The van der Waals surface area contributed by atoms with E-state index in [4.69, 9.17) is 18.0 Å². The van der Waals surface area contributed by atoms with Crippen LogP contribution in [0.3, 0.4) is 0 Å². The molecule has 0 aromatic carbocycles. The maximum absolute atomic E-state index is 5.63. The molecule has 0 aliphatic heterocycles. The van der Waals surface area contributed by atoms with Crippen molar-refractivity contribution in [2.45, 2.75) is 0 Å². The monoisotopic (exact) mass is 259 g/mol. The molecule has 3 heterocycles. The molecule has 18 heavy (non-hydrogen) atoms. The van der Waals surface area contributed by atoms with Crippen LogP contribution < -0.4 is 5.73 Å². The average Bonchev–Trinajstić information content (AvgIpc) is 2.96. The number of fused-ring (bicyclic) bond motifs is 1. The van der Waals surface area contributed by atoms with E-state index in [1.807, 2.05) is 7.05 Å². The molecule has 3 aromatic heterocycles. The third kappa shape index (κ3) is 1.46. The summed E-state index contributed by atoms with van der Waals surface area (Å²) in [6.07, 6.45) is 6.55. The Kier molecular flexibility index (Phi) is 2.30. The molecular weight excluding hydrogens is 250 g/mol. The molecule has 90 valence electrons. The smallest absolute Gasteiger partial charge is 0.173 e. The summed E-state index contributed by atoms with van der Waals surface area (Å²) in [4.78, 5) is 12.8. The minimum absolute atomic E-state index is 0.218. The van der Waals surface area contributed by atoms with E-state index < -0.39 is 0 Å². The highest BCUT2D eigenvalue weighted by atomic mass is 32.1. The Labute approximate surface area is 107 Å². The standard InChI is InChI=1S/C10H9N7S/c1-16-8-6(4-15-16)9(14-5-13-8)17-3-2-12-10(17)7(11)18/h2-5H,1H3,(H2,11,18). The van der Waals surface area contributed by atoms with Crippen molar-refractivity contribution in [1.29, 1.82) is 0 Å². The SMILES string of the molecule is Cn1ncc2c(-n3ccnc3C(N)=S)ncnc21. The number of imidazole rings is 1. The Morgan fingerprint density at radius 2 is 2.17 bits per heavy atom. The van der Waals surface area contributed by atoms with E-state index in [0.717, 1.165) is 11.0 Å². The van der Waals surface area contributed by atoms with E-state index in [-0.39, 0.29) is 4.99 Å². The first kappa shape index (κ1) is 10.8. The second-order valence-corrected chi connectivity index (χ2v) is 4.13. The lowest BCUT2D eigenvalue weighted by molar-refractivity contribution is 0.785. The van der Waals surface area contributed by atoms with Gasteiger partial charge in [-0.25, -0.2) is 15.0 Å². The van der Waals surface area contributed by atoms with Crippen LogP contribution >= 0.6 is 12.2 Å². The van der Waals surface area contributed by atoms with Crippen molar-refractivity contribution in [3.8, 4) is 5.82 Å². The summed E-state index contributed by atoms with van der Waals surface area (Å²) in [6.45, 7) is 0. The molecule has 0 spiro atoms. The second-order valence-electron chi connectivity index (χ2n) is 3.69. The first-order chi connectivity index (χ1) is 8.68. The quantitative estimate of drug-likeness (QED) is 0.661. The number of aryl methyl sites for hydroxylation is 1. The van der Waals surface area contributed by atoms with Crippen molar-refractivity contribution in [3.63, 3.8) is 0 Å². The zero-order valence-electron chi connectivity index (χ0n) is 9.48. The van der Waals surface area contributed by atoms with E-state index in [1.165, 1.54) is 6.33 Å². The van der Waals surface area contributed by atoms with Gasteiger partial charge in [0.05, 0.1) is 11.6 Å². The van der Waals surface area contributed by atoms with E-state index in [1.54, 1.807) is 27.8 Å². The van der Waals surface area contributed by atoms with Crippen molar-refractivity contribution >= 4 is 28.2 Å². The molecule has 0 fully saturated rings. The Morgan fingerprint density at radius 3 is 2.94 bits per heavy atom. The number of aromatic nitrogens is 6.